The summed E-state index contributed by atoms with van der Waals surface area (Å²) in [6, 6.07) is 9.47. The zero-order valence-electron chi connectivity index (χ0n) is 44.9. The van der Waals surface area contributed by atoms with E-state index in [-0.39, 0.29) is 48.8 Å². The number of hydrogen-bond acceptors (Lipinski definition) is 10. The Hall–Kier alpha value is -1.63. The standard InChI is InChI=1S/C52H98N2O9Si3/c1-17-44(62-65(21-5,22-6)23-7)42(13)49-45(58-49)39-51(14,63-66(24-8,25-9)26-10)32-27-28-40(11)48-41(12)29-30-46(59-50(56)54-36-34-53-35-37-54)52(15,57-16)33-31-43(38-47(55)60-48)61-64(18-2,19-3)20-4/h27-30,32,41-46,48-49,53H,17-26,31,33-39H2,1-16H3/b30-29-,32-27+,40-28+/t41-,42+,43+,44-,45-,46-,48+,49-,51-,52+/m0/s1. The molecule has 11 nitrogen and oxygen atoms in total. The molecule has 10 atom stereocenters. The molecule has 0 aromatic heterocycles. The molecule has 14 heteroatoms. The summed E-state index contributed by atoms with van der Waals surface area (Å²) in [5.41, 5.74) is -0.504. The van der Waals surface area contributed by atoms with E-state index in [0.29, 0.717) is 31.8 Å². The lowest BCUT2D eigenvalue weighted by atomic mass is 9.88. The highest BCUT2D eigenvalue weighted by Crippen LogP contribution is 2.43. The smallest absolute Gasteiger partial charge is 0.410 e. The van der Waals surface area contributed by atoms with Crippen LogP contribution in [0.5, 0.6) is 0 Å². The largest absolute Gasteiger partial charge is 0.457 e. The van der Waals surface area contributed by atoms with E-state index >= 15 is 0 Å². The number of methoxy groups -OCH3 is 1. The van der Waals surface area contributed by atoms with Crippen molar-refractivity contribution in [3.05, 3.63) is 36.0 Å². The molecule has 66 heavy (non-hydrogen) atoms. The van der Waals surface area contributed by atoms with Gasteiger partial charge in [-0.25, -0.2) is 4.79 Å². The van der Waals surface area contributed by atoms with E-state index in [2.05, 4.69) is 114 Å². The number of ether oxygens (including phenoxy) is 4. The van der Waals surface area contributed by atoms with Gasteiger partial charge < -0.3 is 42.4 Å². The normalized spacial score (nSPS) is 28.8. The number of nitrogens with zero attached hydrogens (tertiary/aromatic N) is 1. The van der Waals surface area contributed by atoms with Crippen molar-refractivity contribution in [2.45, 2.75) is 238 Å². The van der Waals surface area contributed by atoms with E-state index < -0.39 is 48.4 Å². The summed E-state index contributed by atoms with van der Waals surface area (Å²) in [4.78, 5) is 29.6. The number of piperazine rings is 1. The van der Waals surface area contributed by atoms with Crippen molar-refractivity contribution in [1.82, 2.24) is 10.2 Å². The number of rotatable bonds is 25. The van der Waals surface area contributed by atoms with Gasteiger partial charge in [0.1, 0.15) is 11.7 Å². The number of cyclic esters (lactones) is 1. The maximum absolute atomic E-state index is 14.1. The Morgan fingerprint density at radius 3 is 2.03 bits per heavy atom. The fraction of sp³-hybridized carbons (Fsp3) is 0.846. The number of nitrogens with one attached hydrogen (secondary N) is 1. The summed E-state index contributed by atoms with van der Waals surface area (Å²) in [6.07, 6.45) is 11.8. The fourth-order valence-corrected chi connectivity index (χ4v) is 19.5. The molecule has 3 aliphatic rings. The molecule has 0 unspecified atom stereocenters. The number of hydrogen-bond donors (Lipinski definition) is 1. The molecule has 0 spiro atoms. The average Bonchev–Trinajstić information content (AvgIpc) is 4.10. The summed E-state index contributed by atoms with van der Waals surface area (Å²) in [5, 5.41) is 3.32. The summed E-state index contributed by atoms with van der Waals surface area (Å²) >= 11 is 0. The SMILES string of the molecule is CC[C@H](O[Si](CC)(CC)CC)[C@@H](C)[C@@H]1O[C@H]1C[C@](C)(/C=C/C=C(\C)[C@H]1OC(=O)C[C@H](O[Si](CC)(CC)CC)CC[C@@](C)(OC)[C@@H](OC(=O)N2CCNCC2)/C=C\[C@@H]1C)O[Si](CC)(CC)CC. The highest BCUT2D eigenvalue weighted by Gasteiger charge is 2.51. The predicted molar refractivity (Wildman–Crippen MR) is 279 cm³/mol. The van der Waals surface area contributed by atoms with Crippen LogP contribution in [0.1, 0.15) is 136 Å². The maximum atomic E-state index is 14.1. The molecular weight excluding hydrogens is 881 g/mol. The minimum atomic E-state index is -2.11. The molecule has 2 saturated heterocycles. The second-order valence-electron chi connectivity index (χ2n) is 20.4. The molecule has 1 N–H and O–H groups in total. The van der Waals surface area contributed by atoms with Crippen LogP contribution in [0.2, 0.25) is 54.4 Å². The molecule has 1 amide bonds. The number of carbonyl (C=O) groups excluding carboxylic acids is 2. The zero-order chi connectivity index (χ0) is 49.3. The van der Waals surface area contributed by atoms with E-state index in [9.17, 15) is 9.59 Å². The van der Waals surface area contributed by atoms with Gasteiger partial charge in [-0.2, -0.15) is 0 Å². The van der Waals surface area contributed by atoms with Crippen LogP contribution in [0, 0.1) is 11.8 Å². The summed E-state index contributed by atoms with van der Waals surface area (Å²) < 4.78 is 47.1. The van der Waals surface area contributed by atoms with Crippen LogP contribution in [-0.4, -0.2) is 123 Å². The van der Waals surface area contributed by atoms with Crippen molar-refractivity contribution in [3.8, 4) is 0 Å². The van der Waals surface area contributed by atoms with E-state index in [1.165, 1.54) is 0 Å². The first-order chi connectivity index (χ1) is 31.3. The lowest BCUT2D eigenvalue weighted by Gasteiger charge is -2.39. The number of esters is 1. The van der Waals surface area contributed by atoms with Gasteiger partial charge in [-0.3, -0.25) is 4.79 Å². The molecule has 0 bridgehead atoms. The number of amides is 1. The fourth-order valence-electron chi connectivity index (χ4n) is 10.5. The molecule has 382 valence electrons. The zero-order valence-corrected chi connectivity index (χ0v) is 47.9. The van der Waals surface area contributed by atoms with Crippen LogP contribution in [-0.2, 0) is 37.0 Å². The van der Waals surface area contributed by atoms with Gasteiger partial charge in [-0.1, -0.05) is 107 Å². The van der Waals surface area contributed by atoms with Crippen LogP contribution in [0.15, 0.2) is 36.0 Å². The van der Waals surface area contributed by atoms with Crippen molar-refractivity contribution in [1.29, 1.82) is 0 Å². The van der Waals surface area contributed by atoms with Gasteiger partial charge in [0, 0.05) is 57.6 Å². The minimum Gasteiger partial charge on any atom is -0.457 e. The Bertz CT molecular complexity index is 1540. The molecule has 0 aliphatic carbocycles. The van der Waals surface area contributed by atoms with Crippen molar-refractivity contribution >= 4 is 37.0 Å². The molecule has 0 radical (unpaired) electrons. The Kier molecular flexibility index (Phi) is 24.1. The first kappa shape index (κ1) is 58.7. The van der Waals surface area contributed by atoms with Gasteiger partial charge >= 0.3 is 12.1 Å². The van der Waals surface area contributed by atoms with Crippen LogP contribution in [0.4, 0.5) is 4.79 Å². The van der Waals surface area contributed by atoms with Gasteiger partial charge in [-0.05, 0) is 106 Å². The Balaban J connectivity index is 2.02. The predicted octanol–water partition coefficient (Wildman–Crippen LogP) is 12.4. The van der Waals surface area contributed by atoms with Crippen molar-refractivity contribution in [2.75, 3.05) is 33.3 Å². The van der Waals surface area contributed by atoms with Crippen molar-refractivity contribution in [2.24, 2.45) is 11.8 Å². The van der Waals surface area contributed by atoms with Crippen LogP contribution in [0.3, 0.4) is 0 Å². The second kappa shape index (κ2) is 27.1. The summed E-state index contributed by atoms with van der Waals surface area (Å²) in [7, 11) is -4.24. The van der Waals surface area contributed by atoms with Gasteiger partial charge in [-0.15, -0.1) is 0 Å². The highest BCUT2D eigenvalue weighted by atomic mass is 28.4. The van der Waals surface area contributed by atoms with Gasteiger partial charge in [0.15, 0.2) is 31.1 Å². The summed E-state index contributed by atoms with van der Waals surface area (Å²) in [6.45, 7) is 35.9. The second-order valence-corrected chi connectivity index (χ2v) is 34.5. The molecule has 0 saturated carbocycles. The molecular formula is C52H98N2O9Si3. The van der Waals surface area contributed by atoms with Gasteiger partial charge in [0.2, 0.25) is 0 Å². The molecule has 3 heterocycles. The lowest BCUT2D eigenvalue weighted by molar-refractivity contribution is -0.151. The summed E-state index contributed by atoms with van der Waals surface area (Å²) in [5.74, 6) is -0.225. The average molecular weight is 980 g/mol. The molecule has 3 rings (SSSR count). The lowest BCUT2D eigenvalue weighted by Crippen LogP contribution is -2.50. The third-order valence-electron chi connectivity index (χ3n) is 16.4. The quantitative estimate of drug-likeness (QED) is 0.0311. The molecule has 2 fully saturated rings. The Morgan fingerprint density at radius 1 is 0.924 bits per heavy atom. The van der Waals surface area contributed by atoms with E-state index in [0.717, 1.165) is 85.9 Å². The van der Waals surface area contributed by atoms with Crippen molar-refractivity contribution in [3.63, 3.8) is 0 Å². The molecule has 0 aromatic carbocycles. The number of allylic oxidation sites excluding steroid dienone is 2. The maximum Gasteiger partial charge on any atom is 0.410 e. The van der Waals surface area contributed by atoms with Gasteiger partial charge in [0.05, 0.1) is 30.3 Å². The van der Waals surface area contributed by atoms with Crippen molar-refractivity contribution < 1.29 is 41.8 Å². The number of epoxide rings is 1. The third kappa shape index (κ3) is 15.9. The van der Waals surface area contributed by atoms with Crippen LogP contribution < -0.4 is 5.32 Å². The van der Waals surface area contributed by atoms with Crippen LogP contribution in [0.25, 0.3) is 0 Å². The Morgan fingerprint density at radius 2 is 1.50 bits per heavy atom. The van der Waals surface area contributed by atoms with E-state index in [1.807, 2.05) is 26.0 Å². The third-order valence-corrected chi connectivity index (χ3v) is 30.5. The number of carbonyl (C=O) groups is 2. The van der Waals surface area contributed by atoms with Gasteiger partial charge in [0.25, 0.3) is 0 Å². The topological polar surface area (TPSA) is 117 Å². The first-order valence-corrected chi connectivity index (χ1v) is 34.1. The van der Waals surface area contributed by atoms with Crippen LogP contribution >= 0.6 is 0 Å². The Labute approximate surface area is 406 Å². The molecule has 0 aromatic rings. The highest BCUT2D eigenvalue weighted by molar-refractivity contribution is 6.74. The first-order valence-electron chi connectivity index (χ1n) is 26.5. The molecule has 3 aliphatic heterocycles. The van der Waals surface area contributed by atoms with E-state index in [4.69, 9.17) is 32.2 Å². The minimum absolute atomic E-state index is 0.0875. The monoisotopic (exact) mass is 979 g/mol. The van der Waals surface area contributed by atoms with E-state index in [1.54, 1.807) is 12.0 Å².